The molecule has 0 aromatic carbocycles. The average molecular weight is 242 g/mol. The number of halogens is 3. The number of hydrogen-bond donors (Lipinski definition) is 0. The molecule has 6 heteroatoms. The summed E-state index contributed by atoms with van der Waals surface area (Å²) >= 11 is 4.06. The highest BCUT2D eigenvalue weighted by atomic mass is 79.9. The van der Waals surface area contributed by atoms with E-state index in [0.717, 1.165) is 11.3 Å². The van der Waals surface area contributed by atoms with Crippen molar-refractivity contribution < 1.29 is 13.6 Å². The zero-order chi connectivity index (χ0) is 8.43. The molecule has 0 aliphatic heterocycles. The minimum absolute atomic E-state index is 0.183. The number of carbonyl (C=O) groups excluding carboxylic acids is 1. The number of carbonyl (C=O) groups is 1. The molecule has 0 unspecified atom stereocenters. The van der Waals surface area contributed by atoms with Gasteiger partial charge < -0.3 is 0 Å². The highest BCUT2D eigenvalue weighted by molar-refractivity contribution is 9.11. The molecule has 1 aromatic rings. The van der Waals surface area contributed by atoms with Crippen molar-refractivity contribution in [1.29, 1.82) is 0 Å². The third kappa shape index (κ3) is 2.03. The molecule has 1 rings (SSSR count). The molecule has 0 N–H and O–H groups in total. The van der Waals surface area contributed by atoms with E-state index in [2.05, 4.69) is 20.9 Å². The fourth-order valence-corrected chi connectivity index (χ4v) is 1.48. The van der Waals surface area contributed by atoms with Crippen LogP contribution in [0.4, 0.5) is 8.78 Å². The Bertz CT molecular complexity index is 275. The number of aromatic nitrogens is 1. The second kappa shape index (κ2) is 3.36. The lowest BCUT2D eigenvalue weighted by atomic mass is 10.3. The maximum atomic E-state index is 11.7. The van der Waals surface area contributed by atoms with Crippen LogP contribution < -0.4 is 0 Å². The van der Waals surface area contributed by atoms with Gasteiger partial charge in [-0.15, -0.1) is 11.3 Å². The Labute approximate surface area is 73.4 Å². The highest BCUT2D eigenvalue weighted by Gasteiger charge is 2.19. The minimum atomic E-state index is -2.97. The molecular formula is C5H2BrF2NOS. The third-order valence-corrected chi connectivity index (χ3v) is 2.29. The van der Waals surface area contributed by atoms with E-state index >= 15 is 0 Å². The van der Waals surface area contributed by atoms with Crippen molar-refractivity contribution in [3.8, 4) is 0 Å². The summed E-state index contributed by atoms with van der Waals surface area (Å²) in [6.07, 6.45) is -2.97. The molecule has 0 spiro atoms. The van der Waals surface area contributed by atoms with Gasteiger partial charge in [0.2, 0.25) is 5.78 Å². The molecule has 2 nitrogen and oxygen atoms in total. The van der Waals surface area contributed by atoms with Crippen LogP contribution in [0.1, 0.15) is 10.5 Å². The van der Waals surface area contributed by atoms with Crippen molar-refractivity contribution in [3.05, 3.63) is 15.0 Å². The zero-order valence-electron chi connectivity index (χ0n) is 5.05. The fraction of sp³-hybridized carbons (Fsp3) is 0.200. The maximum absolute atomic E-state index is 11.7. The van der Waals surface area contributed by atoms with Crippen molar-refractivity contribution in [2.45, 2.75) is 6.43 Å². The van der Waals surface area contributed by atoms with Gasteiger partial charge in [-0.05, 0) is 15.9 Å². The van der Waals surface area contributed by atoms with E-state index < -0.39 is 12.2 Å². The molecule has 1 heterocycles. The zero-order valence-corrected chi connectivity index (χ0v) is 7.45. The molecule has 0 saturated carbocycles. The molecule has 0 amide bonds. The molecule has 0 atom stereocenters. The topological polar surface area (TPSA) is 30.0 Å². The largest absolute Gasteiger partial charge is 0.302 e. The van der Waals surface area contributed by atoms with Crippen molar-refractivity contribution in [2.75, 3.05) is 0 Å². The van der Waals surface area contributed by atoms with Crippen molar-refractivity contribution >= 4 is 33.0 Å². The van der Waals surface area contributed by atoms with Gasteiger partial charge in [-0.2, -0.15) is 0 Å². The molecule has 0 fully saturated rings. The predicted molar refractivity (Wildman–Crippen MR) is 40.1 cm³/mol. The van der Waals surface area contributed by atoms with E-state index in [1.807, 2.05) is 0 Å². The maximum Gasteiger partial charge on any atom is 0.302 e. The Morgan fingerprint density at radius 1 is 1.73 bits per heavy atom. The standard InChI is InChI=1S/C5H2BrF2NOS/c6-5-9-2(1-11-5)3(10)4(7)8/h1,4H. The monoisotopic (exact) mass is 241 g/mol. The smallest absolute Gasteiger partial charge is 0.286 e. The van der Waals surface area contributed by atoms with Gasteiger partial charge >= 0.3 is 6.43 Å². The second-order valence-electron chi connectivity index (χ2n) is 1.65. The number of alkyl halides is 2. The molecule has 11 heavy (non-hydrogen) atoms. The lowest BCUT2D eigenvalue weighted by Gasteiger charge is -1.90. The Kier molecular flexibility index (Phi) is 2.67. The Balaban J connectivity index is 2.85. The van der Waals surface area contributed by atoms with Crippen LogP contribution in [0, 0.1) is 0 Å². The molecule has 0 bridgehead atoms. The Morgan fingerprint density at radius 2 is 2.36 bits per heavy atom. The van der Waals surface area contributed by atoms with Crippen LogP contribution in [-0.2, 0) is 0 Å². The lowest BCUT2D eigenvalue weighted by Crippen LogP contribution is -2.10. The summed E-state index contributed by atoms with van der Waals surface area (Å²) in [4.78, 5) is 14.1. The molecule has 0 aliphatic carbocycles. The van der Waals surface area contributed by atoms with Gasteiger partial charge in [0.1, 0.15) is 5.69 Å². The van der Waals surface area contributed by atoms with Crippen LogP contribution >= 0.6 is 27.3 Å². The van der Waals surface area contributed by atoms with Gasteiger partial charge in [-0.1, -0.05) is 0 Å². The minimum Gasteiger partial charge on any atom is -0.286 e. The van der Waals surface area contributed by atoms with Gasteiger partial charge in [-0.25, -0.2) is 13.8 Å². The van der Waals surface area contributed by atoms with Crippen molar-refractivity contribution in [1.82, 2.24) is 4.98 Å². The molecule has 1 aromatic heterocycles. The predicted octanol–water partition coefficient (Wildman–Crippen LogP) is 2.35. The number of Topliss-reactive ketones (excluding diaryl/α,β-unsaturated/α-hetero) is 1. The van der Waals surface area contributed by atoms with Gasteiger partial charge in [0.25, 0.3) is 0 Å². The Morgan fingerprint density at radius 3 is 2.73 bits per heavy atom. The van der Waals surface area contributed by atoms with E-state index in [-0.39, 0.29) is 5.69 Å². The first kappa shape index (κ1) is 8.73. The van der Waals surface area contributed by atoms with Gasteiger partial charge in [-0.3, -0.25) is 4.79 Å². The van der Waals surface area contributed by atoms with E-state index in [1.165, 1.54) is 5.38 Å². The number of nitrogens with zero attached hydrogens (tertiary/aromatic N) is 1. The number of hydrogen-bond acceptors (Lipinski definition) is 3. The average Bonchev–Trinajstić information content (AvgIpc) is 2.34. The summed E-state index contributed by atoms with van der Waals surface area (Å²) in [6.45, 7) is 0. The summed E-state index contributed by atoms with van der Waals surface area (Å²) in [5.41, 5.74) is -0.183. The number of ketones is 1. The molecule has 0 radical (unpaired) electrons. The van der Waals surface area contributed by atoms with Crippen LogP contribution in [0.2, 0.25) is 0 Å². The summed E-state index contributed by atoms with van der Waals surface area (Å²) in [5.74, 6) is -1.23. The van der Waals surface area contributed by atoms with Gasteiger partial charge in [0.15, 0.2) is 3.92 Å². The fourth-order valence-electron chi connectivity index (χ4n) is 0.477. The highest BCUT2D eigenvalue weighted by Crippen LogP contribution is 2.17. The van der Waals surface area contributed by atoms with Crippen molar-refractivity contribution in [3.63, 3.8) is 0 Å². The van der Waals surface area contributed by atoms with Crippen LogP contribution in [0.3, 0.4) is 0 Å². The third-order valence-electron chi connectivity index (χ3n) is 0.927. The van der Waals surface area contributed by atoms with Crippen LogP contribution in [0.25, 0.3) is 0 Å². The van der Waals surface area contributed by atoms with E-state index in [0.29, 0.717) is 3.92 Å². The first-order valence-electron chi connectivity index (χ1n) is 2.54. The first-order chi connectivity index (χ1) is 5.11. The van der Waals surface area contributed by atoms with Crippen LogP contribution in [0.15, 0.2) is 9.30 Å². The molecule has 0 saturated heterocycles. The lowest BCUT2D eigenvalue weighted by molar-refractivity contribution is 0.0674. The van der Waals surface area contributed by atoms with Gasteiger partial charge in [0, 0.05) is 5.38 Å². The quantitative estimate of drug-likeness (QED) is 0.745. The van der Waals surface area contributed by atoms with E-state index in [1.54, 1.807) is 0 Å². The van der Waals surface area contributed by atoms with Crippen LogP contribution in [-0.4, -0.2) is 17.2 Å². The molecular weight excluding hydrogens is 240 g/mol. The SMILES string of the molecule is O=C(c1csc(Br)n1)C(F)F. The normalized spacial score (nSPS) is 10.5. The number of rotatable bonds is 2. The second-order valence-corrected chi connectivity index (χ2v) is 3.78. The van der Waals surface area contributed by atoms with Gasteiger partial charge in [0.05, 0.1) is 0 Å². The van der Waals surface area contributed by atoms with E-state index in [9.17, 15) is 13.6 Å². The van der Waals surface area contributed by atoms with Crippen molar-refractivity contribution in [2.24, 2.45) is 0 Å². The summed E-state index contributed by atoms with van der Waals surface area (Å²) in [5, 5.41) is 1.29. The summed E-state index contributed by atoms with van der Waals surface area (Å²) in [7, 11) is 0. The Hall–Kier alpha value is -0.360. The summed E-state index contributed by atoms with van der Waals surface area (Å²) < 4.78 is 23.9. The first-order valence-corrected chi connectivity index (χ1v) is 4.22. The summed E-state index contributed by atoms with van der Waals surface area (Å²) in [6, 6.07) is 0. The molecule has 60 valence electrons. The van der Waals surface area contributed by atoms with E-state index in [4.69, 9.17) is 0 Å². The molecule has 0 aliphatic rings. The number of thiazole rings is 1. The van der Waals surface area contributed by atoms with Crippen LogP contribution in [0.5, 0.6) is 0 Å².